The molecular weight excluding hydrogens is 266 g/mol. The molecule has 0 saturated carbocycles. The Morgan fingerprint density at radius 2 is 2.26 bits per heavy atom. The Labute approximate surface area is 117 Å². The van der Waals surface area contributed by atoms with Crippen molar-refractivity contribution in [1.29, 1.82) is 5.26 Å². The summed E-state index contributed by atoms with van der Waals surface area (Å²) >= 11 is 6.07. The number of rotatable bonds is 6. The molecule has 19 heavy (non-hydrogen) atoms. The molecule has 0 aliphatic heterocycles. The van der Waals surface area contributed by atoms with Crippen molar-refractivity contribution in [3.05, 3.63) is 28.8 Å². The predicted octanol–water partition coefficient (Wildman–Crippen LogP) is 3.13. The minimum absolute atomic E-state index is 0.302. The number of para-hydroxylation sites is 1. The van der Waals surface area contributed by atoms with Gasteiger partial charge in [0.05, 0.1) is 17.7 Å². The number of hydrogen-bond donors (Lipinski definition) is 0. The molecule has 0 aromatic heterocycles. The Bertz CT molecular complexity index is 482. The van der Waals surface area contributed by atoms with Gasteiger partial charge in [-0.05, 0) is 31.9 Å². The number of nitrogens with zero attached hydrogens (tertiary/aromatic N) is 1. The van der Waals surface area contributed by atoms with Crippen LogP contribution in [0, 0.1) is 11.3 Å². The molecule has 1 aromatic rings. The van der Waals surface area contributed by atoms with E-state index >= 15 is 0 Å². The van der Waals surface area contributed by atoms with E-state index in [4.69, 9.17) is 26.3 Å². The Balaban J connectivity index is 2.87. The molecule has 1 aromatic carbocycles. The summed E-state index contributed by atoms with van der Waals surface area (Å²) in [6, 6.07) is 7.37. The maximum absolute atomic E-state index is 11.5. The van der Waals surface area contributed by atoms with E-state index in [0.29, 0.717) is 30.2 Å². The maximum Gasteiger partial charge on any atom is 0.347 e. The normalized spacial score (nSPS) is 11.5. The van der Waals surface area contributed by atoms with E-state index in [2.05, 4.69) is 6.07 Å². The summed E-state index contributed by atoms with van der Waals surface area (Å²) < 4.78 is 10.4. The van der Waals surface area contributed by atoms with Crippen LogP contribution in [0.5, 0.6) is 5.75 Å². The topological polar surface area (TPSA) is 59.3 Å². The molecule has 4 nitrogen and oxygen atoms in total. The fourth-order valence-electron chi connectivity index (χ4n) is 1.56. The molecule has 0 aliphatic rings. The van der Waals surface area contributed by atoms with Crippen LogP contribution >= 0.6 is 11.6 Å². The van der Waals surface area contributed by atoms with E-state index in [1.54, 1.807) is 26.0 Å². The third-order valence-corrected chi connectivity index (χ3v) is 2.77. The summed E-state index contributed by atoms with van der Waals surface area (Å²) in [7, 11) is 0. The first-order chi connectivity index (χ1) is 9.10. The predicted molar refractivity (Wildman–Crippen MR) is 72.1 cm³/mol. The monoisotopic (exact) mass is 281 g/mol. The van der Waals surface area contributed by atoms with Crippen LogP contribution in [0.25, 0.3) is 0 Å². The lowest BCUT2D eigenvalue weighted by Crippen LogP contribution is -2.26. The molecular formula is C14H16ClNO3. The van der Waals surface area contributed by atoms with Crippen molar-refractivity contribution in [2.24, 2.45) is 0 Å². The molecule has 0 fully saturated rings. The molecule has 0 amide bonds. The number of hydrogen-bond acceptors (Lipinski definition) is 4. The molecule has 0 saturated heterocycles. The van der Waals surface area contributed by atoms with Crippen molar-refractivity contribution < 1.29 is 14.3 Å². The summed E-state index contributed by atoms with van der Waals surface area (Å²) in [6.45, 7) is 3.64. The van der Waals surface area contributed by atoms with Crippen molar-refractivity contribution in [2.45, 2.75) is 32.8 Å². The minimum Gasteiger partial charge on any atom is -0.477 e. The van der Waals surface area contributed by atoms with Crippen molar-refractivity contribution in [2.75, 3.05) is 6.61 Å². The smallest absolute Gasteiger partial charge is 0.347 e. The Morgan fingerprint density at radius 1 is 1.53 bits per heavy atom. The zero-order valence-corrected chi connectivity index (χ0v) is 11.7. The number of nitriles is 1. The SMILES string of the molecule is CCOC(=O)[C@@H](C)Oc1c(Cl)cccc1CCC#N. The summed E-state index contributed by atoms with van der Waals surface area (Å²) in [5.74, 6) is 0.00798. The highest BCUT2D eigenvalue weighted by atomic mass is 35.5. The molecule has 0 unspecified atom stereocenters. The number of carbonyl (C=O) groups excluding carboxylic acids is 1. The first kappa shape index (κ1) is 15.3. The van der Waals surface area contributed by atoms with Gasteiger partial charge < -0.3 is 9.47 Å². The quantitative estimate of drug-likeness (QED) is 0.752. The number of esters is 1. The Kier molecular flexibility index (Phi) is 6.17. The molecule has 0 bridgehead atoms. The van der Waals surface area contributed by atoms with Gasteiger partial charge in [0, 0.05) is 6.42 Å². The van der Waals surface area contributed by atoms with Gasteiger partial charge >= 0.3 is 5.97 Å². The van der Waals surface area contributed by atoms with E-state index in [-0.39, 0.29) is 0 Å². The Hall–Kier alpha value is -1.73. The summed E-state index contributed by atoms with van der Waals surface area (Å²) in [6.07, 6.45) is 0.160. The van der Waals surface area contributed by atoms with Crippen LogP contribution in [0.4, 0.5) is 0 Å². The van der Waals surface area contributed by atoms with Crippen LogP contribution in [0.3, 0.4) is 0 Å². The molecule has 1 rings (SSSR count). The standard InChI is InChI=1S/C14H16ClNO3/c1-3-18-14(17)10(2)19-13-11(7-5-9-16)6-4-8-12(13)15/h4,6,8,10H,3,5,7H2,1-2H3/t10-/m1/s1. The van der Waals surface area contributed by atoms with Crippen LogP contribution in [-0.4, -0.2) is 18.7 Å². The summed E-state index contributed by atoms with van der Waals surface area (Å²) in [4.78, 5) is 11.5. The second kappa shape index (κ2) is 7.65. The van der Waals surface area contributed by atoms with Crippen LogP contribution in [0.2, 0.25) is 5.02 Å². The van der Waals surface area contributed by atoms with Crippen LogP contribution in [0.15, 0.2) is 18.2 Å². The molecule has 5 heteroatoms. The summed E-state index contributed by atoms with van der Waals surface area (Å²) in [5, 5.41) is 9.05. The van der Waals surface area contributed by atoms with Crippen molar-refractivity contribution in [3.63, 3.8) is 0 Å². The fraction of sp³-hybridized carbons (Fsp3) is 0.429. The molecule has 0 aliphatic carbocycles. The summed E-state index contributed by atoms with van der Waals surface area (Å²) in [5.41, 5.74) is 0.810. The minimum atomic E-state index is -0.735. The zero-order valence-electron chi connectivity index (χ0n) is 11.0. The van der Waals surface area contributed by atoms with Gasteiger partial charge in [-0.2, -0.15) is 5.26 Å². The largest absolute Gasteiger partial charge is 0.477 e. The van der Waals surface area contributed by atoms with Crippen molar-refractivity contribution in [3.8, 4) is 11.8 Å². The second-order valence-corrected chi connectivity index (χ2v) is 4.31. The number of halogens is 1. The average molecular weight is 282 g/mol. The first-order valence-electron chi connectivity index (χ1n) is 6.07. The maximum atomic E-state index is 11.5. The number of aryl methyl sites for hydroxylation is 1. The lowest BCUT2D eigenvalue weighted by Gasteiger charge is -2.17. The van der Waals surface area contributed by atoms with Gasteiger partial charge in [0.25, 0.3) is 0 Å². The highest BCUT2D eigenvalue weighted by Crippen LogP contribution is 2.30. The van der Waals surface area contributed by atoms with E-state index in [9.17, 15) is 4.79 Å². The van der Waals surface area contributed by atoms with Crippen LogP contribution in [0.1, 0.15) is 25.8 Å². The van der Waals surface area contributed by atoms with Gasteiger partial charge in [0.1, 0.15) is 5.75 Å². The van der Waals surface area contributed by atoms with Gasteiger partial charge in [-0.3, -0.25) is 0 Å². The highest BCUT2D eigenvalue weighted by Gasteiger charge is 2.19. The lowest BCUT2D eigenvalue weighted by atomic mass is 10.1. The number of carbonyl (C=O) groups is 1. The second-order valence-electron chi connectivity index (χ2n) is 3.90. The van der Waals surface area contributed by atoms with E-state index in [1.807, 2.05) is 6.07 Å². The van der Waals surface area contributed by atoms with Gasteiger partial charge in [-0.1, -0.05) is 23.7 Å². The number of benzene rings is 1. The molecule has 0 heterocycles. The zero-order chi connectivity index (χ0) is 14.3. The number of ether oxygens (including phenoxy) is 2. The molecule has 1 atom stereocenters. The van der Waals surface area contributed by atoms with E-state index in [0.717, 1.165) is 5.56 Å². The van der Waals surface area contributed by atoms with Crippen molar-refractivity contribution in [1.82, 2.24) is 0 Å². The first-order valence-corrected chi connectivity index (χ1v) is 6.45. The van der Waals surface area contributed by atoms with Crippen LogP contribution < -0.4 is 4.74 Å². The fourth-order valence-corrected chi connectivity index (χ4v) is 1.80. The van der Waals surface area contributed by atoms with Crippen LogP contribution in [-0.2, 0) is 16.0 Å². The molecule has 0 N–H and O–H groups in total. The van der Waals surface area contributed by atoms with E-state index < -0.39 is 12.1 Å². The van der Waals surface area contributed by atoms with Gasteiger partial charge in [-0.25, -0.2) is 4.79 Å². The highest BCUT2D eigenvalue weighted by molar-refractivity contribution is 6.32. The van der Waals surface area contributed by atoms with Gasteiger partial charge in [0.15, 0.2) is 6.10 Å². The lowest BCUT2D eigenvalue weighted by molar-refractivity contribution is -0.150. The van der Waals surface area contributed by atoms with Gasteiger partial charge in [-0.15, -0.1) is 0 Å². The molecule has 0 spiro atoms. The molecule has 0 radical (unpaired) electrons. The third-order valence-electron chi connectivity index (χ3n) is 2.47. The van der Waals surface area contributed by atoms with Crippen molar-refractivity contribution >= 4 is 17.6 Å². The third kappa shape index (κ3) is 4.46. The van der Waals surface area contributed by atoms with Gasteiger partial charge in [0.2, 0.25) is 0 Å². The average Bonchev–Trinajstić information content (AvgIpc) is 2.39. The molecule has 102 valence electrons. The Morgan fingerprint density at radius 3 is 2.89 bits per heavy atom. The van der Waals surface area contributed by atoms with E-state index in [1.165, 1.54) is 0 Å².